The molecule has 0 saturated carbocycles. The Balaban J connectivity index is 0. The Labute approximate surface area is 65.3 Å². The van der Waals surface area contributed by atoms with Gasteiger partial charge in [-0.15, -0.1) is 0 Å². The molecule has 0 unspecified atom stereocenters. The van der Waals surface area contributed by atoms with Crippen molar-refractivity contribution in [1.29, 1.82) is 0 Å². The second kappa shape index (κ2) is 22.0. The van der Waals surface area contributed by atoms with Crippen LogP contribution in [0.2, 0.25) is 0 Å². The van der Waals surface area contributed by atoms with Crippen molar-refractivity contribution in [2.24, 2.45) is 0 Å². The summed E-state index contributed by atoms with van der Waals surface area (Å²) >= 11 is 0. The zero-order valence-electron chi connectivity index (χ0n) is 0.816. The van der Waals surface area contributed by atoms with E-state index in [-0.39, 0.29) is 65.8 Å². The third-order valence-corrected chi connectivity index (χ3v) is 0. The van der Waals surface area contributed by atoms with E-state index in [2.05, 4.69) is 0 Å². The van der Waals surface area contributed by atoms with Crippen molar-refractivity contribution in [3.8, 4) is 0 Å². The van der Waals surface area contributed by atoms with Crippen LogP contribution >= 0.6 is 0 Å². The van der Waals surface area contributed by atoms with E-state index in [4.69, 9.17) is 0 Å². The molecule has 0 amide bonds. The van der Waals surface area contributed by atoms with Gasteiger partial charge in [-0.25, -0.2) is 0 Å². The molecule has 4 heavy (non-hydrogen) atoms. The summed E-state index contributed by atoms with van der Waals surface area (Å²) in [7, 11) is 0. The molecule has 0 aromatic heterocycles. The topological polar surface area (TPSA) is 0 Å². The van der Waals surface area contributed by atoms with Gasteiger partial charge < -0.3 is 0 Å². The van der Waals surface area contributed by atoms with E-state index < -0.39 is 0 Å². The summed E-state index contributed by atoms with van der Waals surface area (Å²) < 4.78 is 0. The summed E-state index contributed by atoms with van der Waals surface area (Å²) in [5.41, 5.74) is 0. The molecular formula is CH4BNaPd. The molecule has 0 heterocycles. The smallest absolute Gasteiger partial charge is 0 e. The summed E-state index contributed by atoms with van der Waals surface area (Å²) in [5, 5.41) is 0. The van der Waals surface area contributed by atoms with E-state index in [1.165, 1.54) is 0 Å². The Morgan fingerprint density at radius 2 is 1.00 bits per heavy atom. The summed E-state index contributed by atoms with van der Waals surface area (Å²) in [4.78, 5) is 0. The first kappa shape index (κ1) is 42.9. The van der Waals surface area contributed by atoms with Crippen LogP contribution in [0.15, 0.2) is 0 Å². The minimum atomic E-state index is 0. The van der Waals surface area contributed by atoms with Crippen LogP contribution in [0, 0.1) is 7.43 Å². The van der Waals surface area contributed by atoms with Gasteiger partial charge in [-0.3, -0.25) is 0 Å². The number of hydrogen-bond donors (Lipinski definition) is 0. The minimum absolute atomic E-state index is 0. The zero-order chi connectivity index (χ0) is 0. The fourth-order valence-corrected chi connectivity index (χ4v) is 0. The number of hydrogen-bond acceptors (Lipinski definition) is 0. The Hall–Kier alpha value is 1.73. The molecule has 0 rings (SSSR count). The molecule has 0 aliphatic heterocycles. The fourth-order valence-electron chi connectivity index (χ4n) is 0. The minimum Gasteiger partial charge on any atom is 0 e. The molecule has 0 N–H and O–H groups in total. The summed E-state index contributed by atoms with van der Waals surface area (Å²) in [6.45, 7) is 0. The molecule has 0 bridgehead atoms. The predicted octanol–water partition coefficient (Wildman–Crippen LogP) is -1.75. The van der Waals surface area contributed by atoms with E-state index in [0.29, 0.717) is 0 Å². The first-order valence-electron chi connectivity index (χ1n) is 0. The Bertz CT molecular complexity index is 8.00. The van der Waals surface area contributed by atoms with Gasteiger partial charge >= 0.3 is 29.6 Å². The van der Waals surface area contributed by atoms with E-state index in [9.17, 15) is 0 Å². The quantitative estimate of drug-likeness (QED) is 0.365. The molecule has 22 valence electrons. The van der Waals surface area contributed by atoms with E-state index >= 15 is 0 Å². The van der Waals surface area contributed by atoms with Gasteiger partial charge in [-0.2, -0.15) is 0 Å². The van der Waals surface area contributed by atoms with Crippen LogP contribution in [-0.4, -0.2) is 38.0 Å². The van der Waals surface area contributed by atoms with Crippen LogP contribution < -0.4 is 0 Å². The maximum atomic E-state index is 0. The Morgan fingerprint density at radius 1 is 1.00 bits per heavy atom. The van der Waals surface area contributed by atoms with Crippen molar-refractivity contribution in [2.75, 3.05) is 0 Å². The fraction of sp³-hybridized carbons (Fsp3) is 0. The van der Waals surface area contributed by atoms with Crippen molar-refractivity contribution in [3.63, 3.8) is 0 Å². The van der Waals surface area contributed by atoms with Gasteiger partial charge in [0.1, 0.15) is 0 Å². The van der Waals surface area contributed by atoms with Gasteiger partial charge in [0.05, 0.1) is 8.41 Å². The number of rotatable bonds is 0. The molecule has 0 nitrogen and oxygen atoms in total. The van der Waals surface area contributed by atoms with Gasteiger partial charge in [0.15, 0.2) is 0 Å². The van der Waals surface area contributed by atoms with Gasteiger partial charge in [0.25, 0.3) is 0 Å². The first-order valence-corrected chi connectivity index (χ1v) is 0. The van der Waals surface area contributed by atoms with Gasteiger partial charge in [-0.1, -0.05) is 0 Å². The second-order valence-corrected chi connectivity index (χ2v) is 0. The van der Waals surface area contributed by atoms with E-state index in [1.54, 1.807) is 0 Å². The average Bonchev–Trinajstić information content (AvgIpc) is 0. The molecule has 0 spiro atoms. The van der Waals surface area contributed by atoms with Crippen molar-refractivity contribution in [1.82, 2.24) is 0 Å². The zero-order valence-corrected chi connectivity index (χ0v) is 2.37. The Kier molecular flexibility index (Phi) is 236. The van der Waals surface area contributed by atoms with Crippen molar-refractivity contribution in [2.45, 2.75) is 0 Å². The predicted molar refractivity (Wildman–Crippen MR) is 20.3 cm³/mol. The largest absolute Gasteiger partial charge is 0 e. The van der Waals surface area contributed by atoms with Gasteiger partial charge in [0, 0.05) is 27.8 Å². The first-order chi connectivity index (χ1) is 0. The molecule has 0 aromatic carbocycles. The maximum Gasteiger partial charge on any atom is 0 e. The maximum absolute atomic E-state index is 0. The van der Waals surface area contributed by atoms with Crippen LogP contribution in [0.4, 0.5) is 0 Å². The van der Waals surface area contributed by atoms with Crippen LogP contribution in [0.3, 0.4) is 0 Å². The summed E-state index contributed by atoms with van der Waals surface area (Å²) in [5.74, 6) is 0. The van der Waals surface area contributed by atoms with Crippen molar-refractivity contribution >= 4 is 38.0 Å². The third kappa shape index (κ3) is 9.29. The standard InChI is InChI=1S/C.BH3.Na.Pd.H/h;1H3;;;. The summed E-state index contributed by atoms with van der Waals surface area (Å²) in [6.07, 6.45) is 0. The molecule has 0 aromatic rings. The molecule has 3 heteroatoms. The molecule has 0 fully saturated rings. The van der Waals surface area contributed by atoms with E-state index in [1.807, 2.05) is 0 Å². The normalized spacial score (nSPS) is 0. The van der Waals surface area contributed by atoms with Gasteiger partial charge in [-0.05, 0) is 0 Å². The summed E-state index contributed by atoms with van der Waals surface area (Å²) in [6, 6.07) is 0. The third-order valence-electron chi connectivity index (χ3n) is 0. The molecule has 0 atom stereocenters. The monoisotopic (exact) mass is 156 g/mol. The molecule has 0 saturated heterocycles. The van der Waals surface area contributed by atoms with Crippen LogP contribution in [0.25, 0.3) is 0 Å². The van der Waals surface area contributed by atoms with Crippen LogP contribution in [0.1, 0.15) is 0 Å². The van der Waals surface area contributed by atoms with Gasteiger partial charge in [0.2, 0.25) is 0 Å². The Morgan fingerprint density at radius 3 is 1.00 bits per heavy atom. The molecule has 0 aliphatic carbocycles. The second-order valence-electron chi connectivity index (χ2n) is 0. The van der Waals surface area contributed by atoms with E-state index in [0.717, 1.165) is 0 Å². The molecule has 0 aliphatic rings. The van der Waals surface area contributed by atoms with Crippen molar-refractivity contribution in [3.05, 3.63) is 7.43 Å². The van der Waals surface area contributed by atoms with Crippen LogP contribution in [0.5, 0.6) is 0 Å². The molecule has 4 radical (unpaired) electrons. The SMILES string of the molecule is B.[C].[NaH].[Pd]. The average molecular weight is 156 g/mol. The molecular weight excluding hydrogens is 152 g/mol. The van der Waals surface area contributed by atoms with Crippen molar-refractivity contribution < 1.29 is 20.4 Å². The van der Waals surface area contributed by atoms with Crippen LogP contribution in [-0.2, 0) is 20.4 Å².